The summed E-state index contributed by atoms with van der Waals surface area (Å²) in [6.07, 6.45) is 1.24. The Morgan fingerprint density at radius 3 is 2.76 bits per heavy atom. The molecule has 3 aromatic rings. The number of aromatic nitrogens is 2. The summed E-state index contributed by atoms with van der Waals surface area (Å²) in [5.41, 5.74) is 0.0518. The van der Waals surface area contributed by atoms with Gasteiger partial charge in [-0.25, -0.2) is 14.4 Å². The maximum absolute atomic E-state index is 14.5. The molecule has 34 heavy (non-hydrogen) atoms. The van der Waals surface area contributed by atoms with Gasteiger partial charge in [-0.05, 0) is 49.1 Å². The van der Waals surface area contributed by atoms with E-state index in [1.807, 2.05) is 0 Å². The third-order valence-corrected chi connectivity index (χ3v) is 5.82. The SMILES string of the molecule is C[C@@H](COc1cc2ncnc(Nc3ccc(Br)c(Cl)c3F)c2cc1[N+](=O)[O-])NC(=O)CN(C)C. The van der Waals surface area contributed by atoms with Gasteiger partial charge >= 0.3 is 5.69 Å². The van der Waals surface area contributed by atoms with Crippen LogP contribution in [0, 0.1) is 15.9 Å². The molecule has 0 aliphatic heterocycles. The fourth-order valence-electron chi connectivity index (χ4n) is 3.04. The molecular formula is C21H21BrClFN6O4. The Labute approximate surface area is 207 Å². The Bertz CT molecular complexity index is 1250. The predicted molar refractivity (Wildman–Crippen MR) is 130 cm³/mol. The van der Waals surface area contributed by atoms with E-state index in [0.29, 0.717) is 9.99 Å². The first-order valence-electron chi connectivity index (χ1n) is 9.97. The Morgan fingerprint density at radius 2 is 2.09 bits per heavy atom. The normalized spacial score (nSPS) is 12.0. The first kappa shape index (κ1) is 25.5. The molecule has 0 saturated heterocycles. The third-order valence-electron chi connectivity index (χ3n) is 4.56. The molecule has 180 valence electrons. The summed E-state index contributed by atoms with van der Waals surface area (Å²) in [5.74, 6) is -0.768. The lowest BCUT2D eigenvalue weighted by molar-refractivity contribution is -0.385. The first-order chi connectivity index (χ1) is 16.1. The summed E-state index contributed by atoms with van der Waals surface area (Å²) in [6.45, 7) is 1.93. The smallest absolute Gasteiger partial charge is 0.311 e. The quantitative estimate of drug-likeness (QED) is 0.228. The number of hydrogen-bond acceptors (Lipinski definition) is 8. The summed E-state index contributed by atoms with van der Waals surface area (Å²) < 4.78 is 20.6. The maximum atomic E-state index is 14.5. The number of benzene rings is 2. The van der Waals surface area contributed by atoms with Crippen molar-refractivity contribution in [1.82, 2.24) is 20.2 Å². The van der Waals surface area contributed by atoms with Gasteiger partial charge in [0, 0.05) is 16.6 Å². The molecule has 1 heterocycles. The summed E-state index contributed by atoms with van der Waals surface area (Å²) in [4.78, 5) is 33.0. The highest BCUT2D eigenvalue weighted by molar-refractivity contribution is 9.10. The molecule has 0 radical (unpaired) electrons. The molecule has 1 aromatic heterocycles. The zero-order valence-corrected chi connectivity index (χ0v) is 20.8. The number of rotatable bonds is 9. The van der Waals surface area contributed by atoms with E-state index >= 15 is 0 Å². The minimum absolute atomic E-state index is 0.00428. The van der Waals surface area contributed by atoms with Gasteiger partial charge in [0.05, 0.1) is 39.1 Å². The molecule has 0 fully saturated rings. The number of hydrogen-bond donors (Lipinski definition) is 2. The molecule has 2 N–H and O–H groups in total. The monoisotopic (exact) mass is 554 g/mol. The molecule has 1 atom stereocenters. The van der Waals surface area contributed by atoms with E-state index in [0.717, 1.165) is 0 Å². The van der Waals surface area contributed by atoms with E-state index in [-0.39, 0.29) is 52.4 Å². The van der Waals surface area contributed by atoms with Crippen molar-refractivity contribution in [2.24, 2.45) is 0 Å². The molecule has 2 aromatic carbocycles. The van der Waals surface area contributed by atoms with Gasteiger partial charge < -0.3 is 20.3 Å². The molecule has 10 nitrogen and oxygen atoms in total. The number of nitro groups is 1. The van der Waals surface area contributed by atoms with Crippen LogP contribution >= 0.6 is 27.5 Å². The second kappa shape index (κ2) is 10.9. The van der Waals surface area contributed by atoms with Crippen molar-refractivity contribution >= 4 is 61.5 Å². The Morgan fingerprint density at radius 1 is 1.35 bits per heavy atom. The standard InChI is InChI=1S/C21H21BrClFN6O4/c1-11(27-18(31)8-29(2)3)9-34-17-7-15-12(6-16(17)30(32)33)21(26-10-25-15)28-14-5-4-13(22)19(23)20(14)24/h4-7,10-11H,8-9H2,1-3H3,(H,27,31)(H,25,26,28)/t11-/m0/s1. The largest absolute Gasteiger partial charge is 0.485 e. The summed E-state index contributed by atoms with van der Waals surface area (Å²) in [6, 6.07) is 5.27. The van der Waals surface area contributed by atoms with Crippen LogP contribution in [0.15, 0.2) is 35.1 Å². The number of amides is 1. The molecule has 0 unspecified atom stereocenters. The van der Waals surface area contributed by atoms with E-state index < -0.39 is 16.8 Å². The van der Waals surface area contributed by atoms with Crippen LogP contribution in [0.3, 0.4) is 0 Å². The van der Waals surface area contributed by atoms with Crippen LogP contribution in [0.1, 0.15) is 6.92 Å². The number of carbonyl (C=O) groups excluding carboxylic acids is 1. The van der Waals surface area contributed by atoms with E-state index in [1.54, 1.807) is 32.0 Å². The minimum Gasteiger partial charge on any atom is -0.485 e. The number of carbonyl (C=O) groups is 1. The van der Waals surface area contributed by atoms with Gasteiger partial charge in [-0.1, -0.05) is 11.6 Å². The number of ether oxygens (including phenoxy) is 1. The summed E-state index contributed by atoms with van der Waals surface area (Å²) >= 11 is 9.09. The molecule has 3 rings (SSSR count). The zero-order chi connectivity index (χ0) is 25.0. The van der Waals surface area contributed by atoms with Gasteiger partial charge in [0.1, 0.15) is 18.8 Å². The molecular weight excluding hydrogens is 535 g/mol. The molecule has 13 heteroatoms. The number of nitro benzene ring substituents is 1. The van der Waals surface area contributed by atoms with Crippen LogP contribution < -0.4 is 15.4 Å². The molecule has 0 saturated carbocycles. The van der Waals surface area contributed by atoms with Gasteiger partial charge in [0.15, 0.2) is 11.6 Å². The van der Waals surface area contributed by atoms with Crippen molar-refractivity contribution in [2.75, 3.05) is 32.6 Å². The topological polar surface area (TPSA) is 123 Å². The van der Waals surface area contributed by atoms with Crippen LogP contribution in [0.4, 0.5) is 21.6 Å². The molecule has 0 spiro atoms. The van der Waals surface area contributed by atoms with Crippen LogP contribution in [-0.4, -0.2) is 59.0 Å². The van der Waals surface area contributed by atoms with Crippen LogP contribution in [0.25, 0.3) is 10.9 Å². The van der Waals surface area contributed by atoms with Gasteiger partial charge in [0.25, 0.3) is 0 Å². The predicted octanol–water partition coefficient (Wildman–Crippen LogP) is 4.28. The summed E-state index contributed by atoms with van der Waals surface area (Å²) in [7, 11) is 3.54. The highest BCUT2D eigenvalue weighted by Crippen LogP contribution is 2.36. The van der Waals surface area contributed by atoms with E-state index in [1.165, 1.54) is 24.5 Å². The Kier molecular flexibility index (Phi) is 8.18. The highest BCUT2D eigenvalue weighted by Gasteiger charge is 2.21. The van der Waals surface area contributed by atoms with Crippen LogP contribution in [0.2, 0.25) is 5.02 Å². The van der Waals surface area contributed by atoms with Crippen molar-refractivity contribution in [3.05, 3.63) is 56.0 Å². The fraction of sp³-hybridized carbons (Fsp3) is 0.286. The number of likely N-dealkylation sites (N-methyl/N-ethyl adjacent to an activating group) is 1. The van der Waals surface area contributed by atoms with Gasteiger partial charge in [-0.15, -0.1) is 0 Å². The number of fused-ring (bicyclic) bond motifs is 1. The average molecular weight is 556 g/mol. The van der Waals surface area contributed by atoms with Crippen molar-refractivity contribution in [3.8, 4) is 5.75 Å². The van der Waals surface area contributed by atoms with Gasteiger partial charge in [-0.2, -0.15) is 0 Å². The molecule has 0 aliphatic carbocycles. The number of nitrogens with one attached hydrogen (secondary N) is 2. The molecule has 1 amide bonds. The second-order valence-electron chi connectivity index (χ2n) is 7.68. The second-order valence-corrected chi connectivity index (χ2v) is 8.91. The number of halogens is 3. The Hall–Kier alpha value is -3.09. The molecule has 0 bridgehead atoms. The van der Waals surface area contributed by atoms with Crippen LogP contribution in [0.5, 0.6) is 5.75 Å². The first-order valence-corrected chi connectivity index (χ1v) is 11.1. The van der Waals surface area contributed by atoms with Crippen molar-refractivity contribution < 1.29 is 18.8 Å². The fourth-order valence-corrected chi connectivity index (χ4v) is 3.52. The molecule has 0 aliphatic rings. The van der Waals surface area contributed by atoms with Gasteiger partial charge in [-0.3, -0.25) is 14.9 Å². The van der Waals surface area contributed by atoms with Crippen molar-refractivity contribution in [2.45, 2.75) is 13.0 Å². The summed E-state index contributed by atoms with van der Waals surface area (Å²) in [5, 5.41) is 17.5. The van der Waals surface area contributed by atoms with E-state index in [2.05, 4.69) is 36.5 Å². The third kappa shape index (κ3) is 6.07. The zero-order valence-electron chi connectivity index (χ0n) is 18.4. The lowest BCUT2D eigenvalue weighted by Gasteiger charge is -2.17. The van der Waals surface area contributed by atoms with Crippen molar-refractivity contribution in [3.63, 3.8) is 0 Å². The van der Waals surface area contributed by atoms with Crippen LogP contribution in [-0.2, 0) is 4.79 Å². The Balaban J connectivity index is 1.88. The lowest BCUT2D eigenvalue weighted by atomic mass is 10.2. The van der Waals surface area contributed by atoms with E-state index in [9.17, 15) is 19.3 Å². The van der Waals surface area contributed by atoms with E-state index in [4.69, 9.17) is 16.3 Å². The van der Waals surface area contributed by atoms with Crippen molar-refractivity contribution in [1.29, 1.82) is 0 Å². The lowest BCUT2D eigenvalue weighted by Crippen LogP contribution is -2.41. The number of nitrogens with zero attached hydrogens (tertiary/aromatic N) is 4. The van der Waals surface area contributed by atoms with Gasteiger partial charge in [0.2, 0.25) is 5.91 Å². The number of anilines is 2. The average Bonchev–Trinajstić information content (AvgIpc) is 2.76. The maximum Gasteiger partial charge on any atom is 0.311 e. The highest BCUT2D eigenvalue weighted by atomic mass is 79.9. The minimum atomic E-state index is -0.706.